The van der Waals surface area contributed by atoms with Crippen molar-refractivity contribution in [1.29, 1.82) is 0 Å². The number of anilines is 1. The van der Waals surface area contributed by atoms with E-state index in [4.69, 9.17) is 17.3 Å². The highest BCUT2D eigenvalue weighted by Gasteiger charge is 2.08. The van der Waals surface area contributed by atoms with Crippen molar-refractivity contribution in [2.24, 2.45) is 7.05 Å². The lowest BCUT2D eigenvalue weighted by atomic mass is 10.3. The van der Waals surface area contributed by atoms with Gasteiger partial charge in [0.25, 0.3) is 0 Å². The largest absolute Gasteiger partial charge is 0.396 e. The quantitative estimate of drug-likeness (QED) is 0.681. The second-order valence-electron chi connectivity index (χ2n) is 2.74. The Morgan fingerprint density at radius 1 is 1.54 bits per heavy atom. The van der Waals surface area contributed by atoms with Crippen molar-refractivity contribution in [2.45, 2.75) is 0 Å². The number of hydrogen-bond donors (Lipinski definition) is 1. The van der Waals surface area contributed by atoms with E-state index in [-0.39, 0.29) is 4.87 Å². The molecule has 1 heterocycles. The van der Waals surface area contributed by atoms with Gasteiger partial charge in [0.1, 0.15) is 0 Å². The Balaban J connectivity index is 3.03. The summed E-state index contributed by atoms with van der Waals surface area (Å²) in [7, 11) is 1.72. The number of aromatic nitrogens is 1. The molecule has 0 bridgehead atoms. The van der Waals surface area contributed by atoms with Gasteiger partial charge in [0, 0.05) is 7.05 Å². The van der Waals surface area contributed by atoms with E-state index in [9.17, 15) is 4.79 Å². The number of hydrogen-bond acceptors (Lipinski definition) is 3. The second kappa shape index (κ2) is 2.75. The number of thiazole rings is 1. The van der Waals surface area contributed by atoms with Gasteiger partial charge in [0.2, 0.25) is 0 Å². The lowest BCUT2D eigenvalue weighted by Crippen LogP contribution is -2.06. The van der Waals surface area contributed by atoms with Crippen LogP contribution in [0, 0.1) is 0 Å². The fourth-order valence-electron chi connectivity index (χ4n) is 1.19. The smallest absolute Gasteiger partial charge is 0.307 e. The first-order valence-corrected chi connectivity index (χ1v) is 4.84. The summed E-state index contributed by atoms with van der Waals surface area (Å²) < 4.78 is 2.33. The second-order valence-corrected chi connectivity index (χ2v) is 4.11. The molecular weight excluding hydrogens is 208 g/mol. The van der Waals surface area contributed by atoms with Crippen LogP contribution in [0.2, 0.25) is 5.02 Å². The first-order valence-electron chi connectivity index (χ1n) is 3.65. The third-order valence-corrected chi connectivity index (χ3v) is 3.36. The topological polar surface area (TPSA) is 48.0 Å². The summed E-state index contributed by atoms with van der Waals surface area (Å²) in [5.41, 5.74) is 7.05. The Kier molecular flexibility index (Phi) is 1.82. The molecule has 2 N–H and O–H groups in total. The van der Waals surface area contributed by atoms with Crippen molar-refractivity contribution in [3.05, 3.63) is 26.8 Å². The number of nitrogen functional groups attached to an aromatic ring is 1. The SMILES string of the molecule is Cn1c(=O)sc2c(N)c(Cl)ccc21. The average Bonchev–Trinajstić information content (AvgIpc) is 2.38. The number of nitrogens with zero attached hydrogens (tertiary/aromatic N) is 1. The molecule has 0 fully saturated rings. The molecule has 0 unspecified atom stereocenters. The van der Waals surface area contributed by atoms with Crippen LogP contribution in [0.25, 0.3) is 10.2 Å². The van der Waals surface area contributed by atoms with Gasteiger partial charge in [-0.15, -0.1) is 0 Å². The fourth-order valence-corrected chi connectivity index (χ4v) is 2.34. The Morgan fingerprint density at radius 2 is 2.23 bits per heavy atom. The third-order valence-electron chi connectivity index (χ3n) is 1.95. The van der Waals surface area contributed by atoms with Crippen molar-refractivity contribution in [2.75, 3.05) is 5.73 Å². The average molecular weight is 215 g/mol. The minimum atomic E-state index is -0.0241. The molecule has 0 aliphatic rings. The standard InChI is InChI=1S/C8H7ClN2OS/c1-11-5-3-2-4(9)6(10)7(5)13-8(11)12/h2-3H,10H2,1H3. The molecule has 0 amide bonds. The number of rotatable bonds is 0. The molecule has 13 heavy (non-hydrogen) atoms. The molecule has 0 radical (unpaired) electrons. The summed E-state index contributed by atoms with van der Waals surface area (Å²) >= 11 is 6.94. The van der Waals surface area contributed by atoms with E-state index >= 15 is 0 Å². The summed E-state index contributed by atoms with van der Waals surface area (Å²) in [5, 5.41) is 0.495. The summed E-state index contributed by atoms with van der Waals surface area (Å²) in [6.07, 6.45) is 0. The molecule has 2 rings (SSSR count). The van der Waals surface area contributed by atoms with Gasteiger partial charge in [-0.05, 0) is 12.1 Å². The lowest BCUT2D eigenvalue weighted by molar-refractivity contribution is 0.939. The zero-order valence-corrected chi connectivity index (χ0v) is 8.45. The van der Waals surface area contributed by atoms with Crippen molar-refractivity contribution in [3.8, 4) is 0 Å². The number of fused-ring (bicyclic) bond motifs is 1. The Labute approximate surface area is 83.4 Å². The van der Waals surface area contributed by atoms with E-state index in [1.807, 2.05) is 0 Å². The highest BCUT2D eigenvalue weighted by molar-refractivity contribution is 7.17. The van der Waals surface area contributed by atoms with Crippen LogP contribution in [0.4, 0.5) is 5.69 Å². The van der Waals surface area contributed by atoms with Crippen molar-refractivity contribution in [3.63, 3.8) is 0 Å². The Hall–Kier alpha value is -1.00. The van der Waals surface area contributed by atoms with Crippen molar-refractivity contribution in [1.82, 2.24) is 4.57 Å². The van der Waals surface area contributed by atoms with Crippen LogP contribution in [0.3, 0.4) is 0 Å². The minimum Gasteiger partial charge on any atom is -0.396 e. The van der Waals surface area contributed by atoms with Gasteiger partial charge in [-0.1, -0.05) is 22.9 Å². The first-order chi connectivity index (χ1) is 6.11. The van der Waals surface area contributed by atoms with Gasteiger partial charge >= 0.3 is 4.87 Å². The zero-order chi connectivity index (χ0) is 9.59. The van der Waals surface area contributed by atoms with Gasteiger partial charge in [-0.25, -0.2) is 0 Å². The van der Waals surface area contributed by atoms with Gasteiger partial charge in [-0.3, -0.25) is 4.79 Å². The maximum Gasteiger partial charge on any atom is 0.307 e. The molecule has 0 spiro atoms. The highest BCUT2D eigenvalue weighted by Crippen LogP contribution is 2.29. The van der Waals surface area contributed by atoms with E-state index in [1.165, 1.54) is 0 Å². The maximum atomic E-state index is 11.3. The molecule has 5 heteroatoms. The summed E-state index contributed by atoms with van der Waals surface area (Å²) in [4.78, 5) is 11.3. The summed E-state index contributed by atoms with van der Waals surface area (Å²) in [6, 6.07) is 3.50. The molecule has 1 aromatic heterocycles. The summed E-state index contributed by atoms with van der Waals surface area (Å²) in [6.45, 7) is 0. The molecule has 0 aliphatic heterocycles. The van der Waals surface area contributed by atoms with Crippen LogP contribution in [0.1, 0.15) is 0 Å². The fraction of sp³-hybridized carbons (Fsp3) is 0.125. The first kappa shape index (κ1) is 8.59. The van der Waals surface area contributed by atoms with E-state index < -0.39 is 0 Å². The van der Waals surface area contributed by atoms with Crippen LogP contribution in [0.15, 0.2) is 16.9 Å². The summed E-state index contributed by atoms with van der Waals surface area (Å²) in [5.74, 6) is 0. The molecule has 0 atom stereocenters. The van der Waals surface area contributed by atoms with Crippen LogP contribution in [-0.2, 0) is 7.05 Å². The normalized spacial score (nSPS) is 10.9. The molecule has 2 aromatic rings. The van der Waals surface area contributed by atoms with E-state index in [0.29, 0.717) is 10.7 Å². The zero-order valence-electron chi connectivity index (χ0n) is 6.87. The number of nitrogens with two attached hydrogens (primary N) is 1. The van der Waals surface area contributed by atoms with Crippen molar-refractivity contribution < 1.29 is 0 Å². The molecule has 0 saturated heterocycles. The predicted molar refractivity (Wildman–Crippen MR) is 56.5 cm³/mol. The van der Waals surface area contributed by atoms with Crippen LogP contribution >= 0.6 is 22.9 Å². The van der Waals surface area contributed by atoms with Gasteiger partial charge in [-0.2, -0.15) is 0 Å². The van der Waals surface area contributed by atoms with Crippen molar-refractivity contribution >= 4 is 38.8 Å². The monoisotopic (exact) mass is 214 g/mol. The van der Waals surface area contributed by atoms with Crippen LogP contribution in [0.5, 0.6) is 0 Å². The number of halogens is 1. The van der Waals surface area contributed by atoms with Gasteiger partial charge < -0.3 is 10.3 Å². The molecule has 1 aromatic carbocycles. The van der Waals surface area contributed by atoms with Crippen LogP contribution < -0.4 is 10.6 Å². The van der Waals surface area contributed by atoms with Gasteiger partial charge in [0.15, 0.2) is 0 Å². The van der Waals surface area contributed by atoms with E-state index in [0.717, 1.165) is 21.6 Å². The number of benzene rings is 1. The molecule has 0 aliphatic carbocycles. The molecule has 3 nitrogen and oxygen atoms in total. The minimum absolute atomic E-state index is 0.0241. The molecule has 0 saturated carbocycles. The molecule has 68 valence electrons. The Bertz CT molecular complexity index is 529. The lowest BCUT2D eigenvalue weighted by Gasteiger charge is -1.98. The molecular formula is C8H7ClN2OS. The maximum absolute atomic E-state index is 11.3. The predicted octanol–water partition coefficient (Wildman–Crippen LogP) is 1.84. The van der Waals surface area contributed by atoms with Crippen LogP contribution in [-0.4, -0.2) is 4.57 Å². The van der Waals surface area contributed by atoms with E-state index in [2.05, 4.69) is 0 Å². The Morgan fingerprint density at radius 3 is 2.92 bits per heavy atom. The third kappa shape index (κ3) is 1.14. The number of aryl methyl sites for hydroxylation is 1. The highest BCUT2D eigenvalue weighted by atomic mass is 35.5. The van der Waals surface area contributed by atoms with E-state index in [1.54, 1.807) is 23.7 Å². The van der Waals surface area contributed by atoms with Gasteiger partial charge in [0.05, 0.1) is 20.9 Å².